The summed E-state index contributed by atoms with van der Waals surface area (Å²) in [5.74, 6) is -3.39. The minimum atomic E-state index is -5.08. The lowest BCUT2D eigenvalue weighted by molar-refractivity contribution is -0.193. The Morgan fingerprint density at radius 2 is 1.36 bits per heavy atom. The second kappa shape index (κ2) is 15.2. The van der Waals surface area contributed by atoms with E-state index in [-0.39, 0.29) is 0 Å². The lowest BCUT2D eigenvalue weighted by Gasteiger charge is -2.13. The number of pyridine rings is 2. The van der Waals surface area contributed by atoms with Crippen molar-refractivity contribution < 1.29 is 55.6 Å². The van der Waals surface area contributed by atoms with E-state index in [9.17, 15) is 26.3 Å². The summed E-state index contributed by atoms with van der Waals surface area (Å²) in [6.45, 7) is 0.890. The monoisotopic (exact) mass is 636 g/mol. The van der Waals surface area contributed by atoms with E-state index in [2.05, 4.69) is 19.9 Å². The molecule has 5 rings (SSSR count). The Balaban J connectivity index is 0.000000331. The first kappa shape index (κ1) is 33.8. The first-order chi connectivity index (χ1) is 21.2. The Kier molecular flexibility index (Phi) is 11.4. The van der Waals surface area contributed by atoms with Crippen LogP contribution in [0.1, 0.15) is 11.1 Å². The van der Waals surface area contributed by atoms with Gasteiger partial charge in [-0.2, -0.15) is 26.3 Å². The van der Waals surface area contributed by atoms with Crippen LogP contribution in [0.15, 0.2) is 91.4 Å². The van der Waals surface area contributed by atoms with Crippen LogP contribution in [-0.2, 0) is 22.8 Å². The standard InChI is InChI=1S/C25H20N4O2.2C2HF3O2/c1-2-6-18(7-3-1)16-30-20-10-11-23(31-17-19-8-4-12-26-15-19)21(14-20)24-28-22-9-5-13-27-25(22)29-24;2*3-2(4,5)1(6)7/h1-15H,16-17H2,(H,27,28,29);2*(H,6,7). The number of carboxylic acid groups (broad SMARTS) is 2. The van der Waals surface area contributed by atoms with Gasteiger partial charge in [0.15, 0.2) is 5.65 Å². The van der Waals surface area contributed by atoms with Crippen molar-refractivity contribution >= 4 is 23.1 Å². The molecule has 0 saturated carbocycles. The number of aromatic amines is 1. The van der Waals surface area contributed by atoms with Crippen molar-refractivity contribution in [3.8, 4) is 22.9 Å². The topological polar surface area (TPSA) is 148 Å². The number of carboxylic acids is 2. The molecule has 3 heterocycles. The highest BCUT2D eigenvalue weighted by molar-refractivity contribution is 5.78. The zero-order chi connectivity index (χ0) is 33.0. The second-order valence-corrected chi connectivity index (χ2v) is 8.65. The van der Waals surface area contributed by atoms with Gasteiger partial charge in [0, 0.05) is 24.2 Å². The van der Waals surface area contributed by atoms with Crippen LogP contribution in [0.5, 0.6) is 11.5 Å². The summed E-state index contributed by atoms with van der Waals surface area (Å²) in [6.07, 6.45) is -4.90. The van der Waals surface area contributed by atoms with E-state index >= 15 is 0 Å². The number of aromatic nitrogens is 4. The van der Waals surface area contributed by atoms with Crippen LogP contribution in [0.2, 0.25) is 0 Å². The van der Waals surface area contributed by atoms with Crippen LogP contribution in [0.4, 0.5) is 26.3 Å². The van der Waals surface area contributed by atoms with E-state index in [1.807, 2.05) is 72.8 Å². The van der Waals surface area contributed by atoms with E-state index in [0.717, 1.165) is 28.0 Å². The zero-order valence-electron chi connectivity index (χ0n) is 22.7. The van der Waals surface area contributed by atoms with Gasteiger partial charge in [-0.3, -0.25) is 4.98 Å². The Labute approximate surface area is 249 Å². The number of halogens is 6. The molecular formula is C29H22F6N4O6. The van der Waals surface area contributed by atoms with E-state index in [0.29, 0.717) is 30.4 Å². The molecule has 0 amide bonds. The largest absolute Gasteiger partial charge is 0.490 e. The molecule has 0 aliphatic carbocycles. The number of rotatable bonds is 7. The smallest absolute Gasteiger partial charge is 0.489 e. The van der Waals surface area contributed by atoms with Gasteiger partial charge in [0.25, 0.3) is 0 Å². The number of hydrogen-bond acceptors (Lipinski definition) is 7. The predicted octanol–water partition coefficient (Wildman–Crippen LogP) is 6.44. The number of ether oxygens (including phenoxy) is 2. The molecule has 0 atom stereocenters. The van der Waals surface area contributed by atoms with Gasteiger partial charge in [-0.25, -0.2) is 19.6 Å². The molecule has 5 aromatic rings. The molecule has 3 N–H and O–H groups in total. The molecule has 16 heteroatoms. The normalized spacial score (nSPS) is 11.0. The van der Waals surface area contributed by atoms with Crippen LogP contribution in [-0.4, -0.2) is 54.4 Å². The molecule has 0 radical (unpaired) electrons. The van der Waals surface area contributed by atoms with Crippen LogP contribution in [0, 0.1) is 0 Å². The molecular weight excluding hydrogens is 614 g/mol. The van der Waals surface area contributed by atoms with E-state index in [1.54, 1.807) is 18.6 Å². The lowest BCUT2D eigenvalue weighted by atomic mass is 10.1. The van der Waals surface area contributed by atoms with Crippen molar-refractivity contribution in [2.24, 2.45) is 0 Å². The number of nitrogens with zero attached hydrogens (tertiary/aromatic N) is 3. The number of carbonyl (C=O) groups is 2. The summed E-state index contributed by atoms with van der Waals surface area (Å²) >= 11 is 0. The van der Waals surface area contributed by atoms with Crippen LogP contribution >= 0.6 is 0 Å². The SMILES string of the molecule is O=C(O)C(F)(F)F.O=C(O)C(F)(F)F.c1ccc(COc2ccc(OCc3cccnc3)c(-c3nc4ncccc4[nH]3)c2)cc1. The maximum atomic E-state index is 10.6. The zero-order valence-corrected chi connectivity index (χ0v) is 22.7. The van der Waals surface area contributed by atoms with Crippen molar-refractivity contribution in [1.29, 1.82) is 0 Å². The number of nitrogens with one attached hydrogen (secondary N) is 1. The minimum Gasteiger partial charge on any atom is -0.489 e. The third-order valence-corrected chi connectivity index (χ3v) is 5.31. The highest BCUT2D eigenvalue weighted by Gasteiger charge is 2.38. The summed E-state index contributed by atoms with van der Waals surface area (Å²) in [5, 5.41) is 14.2. The third kappa shape index (κ3) is 10.8. The molecule has 10 nitrogen and oxygen atoms in total. The van der Waals surface area contributed by atoms with Gasteiger partial charge >= 0.3 is 24.3 Å². The van der Waals surface area contributed by atoms with Crippen molar-refractivity contribution in [2.45, 2.75) is 25.6 Å². The maximum Gasteiger partial charge on any atom is 0.490 e. The van der Waals surface area contributed by atoms with E-state index in [4.69, 9.17) is 29.3 Å². The Morgan fingerprint density at radius 1 is 0.756 bits per heavy atom. The Hall–Kier alpha value is -5.67. The fourth-order valence-corrected chi connectivity index (χ4v) is 3.27. The fourth-order valence-electron chi connectivity index (χ4n) is 3.27. The lowest BCUT2D eigenvalue weighted by Crippen LogP contribution is -2.21. The van der Waals surface area contributed by atoms with E-state index < -0.39 is 24.3 Å². The number of benzene rings is 2. The second-order valence-electron chi connectivity index (χ2n) is 8.65. The van der Waals surface area contributed by atoms with E-state index in [1.165, 1.54) is 0 Å². The number of aliphatic carboxylic acids is 2. The van der Waals surface area contributed by atoms with Crippen molar-refractivity contribution in [3.05, 3.63) is 103 Å². The Morgan fingerprint density at radius 3 is 1.93 bits per heavy atom. The number of H-pyrrole nitrogens is 1. The molecule has 0 spiro atoms. The van der Waals surface area contributed by atoms with Crippen LogP contribution < -0.4 is 9.47 Å². The van der Waals surface area contributed by atoms with Gasteiger partial charge in [0.05, 0.1) is 11.1 Å². The quantitative estimate of drug-likeness (QED) is 0.172. The first-order valence-electron chi connectivity index (χ1n) is 12.5. The molecule has 0 fully saturated rings. The molecule has 3 aromatic heterocycles. The predicted molar refractivity (Wildman–Crippen MR) is 146 cm³/mol. The highest BCUT2D eigenvalue weighted by atomic mass is 19.4. The van der Waals surface area contributed by atoms with Crippen LogP contribution in [0.25, 0.3) is 22.6 Å². The Bertz CT molecular complexity index is 1640. The molecule has 0 saturated heterocycles. The summed E-state index contributed by atoms with van der Waals surface area (Å²) < 4.78 is 75.6. The average molecular weight is 637 g/mol. The average Bonchev–Trinajstić information content (AvgIpc) is 3.44. The van der Waals surface area contributed by atoms with Gasteiger partial charge in [-0.15, -0.1) is 0 Å². The first-order valence-corrected chi connectivity index (χ1v) is 12.5. The fraction of sp³-hybridized carbons (Fsp3) is 0.138. The number of hydrogen-bond donors (Lipinski definition) is 3. The van der Waals surface area contributed by atoms with Crippen molar-refractivity contribution in [2.75, 3.05) is 0 Å². The molecule has 236 valence electrons. The maximum absolute atomic E-state index is 10.6. The number of alkyl halides is 6. The van der Waals surface area contributed by atoms with Gasteiger partial charge in [-0.05, 0) is 42.0 Å². The molecule has 0 bridgehead atoms. The molecule has 0 unspecified atom stereocenters. The molecule has 0 aliphatic heterocycles. The minimum absolute atomic E-state index is 0.406. The van der Waals surface area contributed by atoms with Gasteiger partial charge in [0.1, 0.15) is 30.5 Å². The molecule has 2 aromatic carbocycles. The van der Waals surface area contributed by atoms with Crippen molar-refractivity contribution in [3.63, 3.8) is 0 Å². The van der Waals surface area contributed by atoms with Gasteiger partial charge < -0.3 is 24.7 Å². The summed E-state index contributed by atoms with van der Waals surface area (Å²) in [4.78, 5) is 34.2. The number of imidazole rings is 1. The van der Waals surface area contributed by atoms with Gasteiger partial charge in [-0.1, -0.05) is 36.4 Å². The van der Waals surface area contributed by atoms with Gasteiger partial charge in [0.2, 0.25) is 0 Å². The number of fused-ring (bicyclic) bond motifs is 1. The van der Waals surface area contributed by atoms with Crippen LogP contribution in [0.3, 0.4) is 0 Å². The van der Waals surface area contributed by atoms with Crippen molar-refractivity contribution in [1.82, 2.24) is 19.9 Å². The summed E-state index contributed by atoms with van der Waals surface area (Å²) in [5.41, 5.74) is 4.43. The molecule has 45 heavy (non-hydrogen) atoms. The third-order valence-electron chi connectivity index (χ3n) is 5.31. The summed E-state index contributed by atoms with van der Waals surface area (Å²) in [6, 6.07) is 23.5. The molecule has 0 aliphatic rings. The summed E-state index contributed by atoms with van der Waals surface area (Å²) in [7, 11) is 0. The highest BCUT2D eigenvalue weighted by Crippen LogP contribution is 2.33.